The summed E-state index contributed by atoms with van der Waals surface area (Å²) in [6.07, 6.45) is 15.2. The molecule has 10 nitrogen and oxygen atoms in total. The molecule has 42 heavy (non-hydrogen) atoms. The van der Waals surface area contributed by atoms with Crippen molar-refractivity contribution in [1.82, 2.24) is 9.55 Å². The second-order valence-corrected chi connectivity index (χ2v) is 14.5. The summed E-state index contributed by atoms with van der Waals surface area (Å²) in [7, 11) is -4.01. The molecule has 2 rings (SSSR count). The zero-order valence-electron chi connectivity index (χ0n) is 26.6. The Morgan fingerprint density at radius 3 is 1.95 bits per heavy atom. The lowest BCUT2D eigenvalue weighted by molar-refractivity contribution is -0.0848. The maximum absolute atomic E-state index is 12.9. The molecule has 1 fully saturated rings. The van der Waals surface area contributed by atoms with E-state index in [4.69, 9.17) is 18.7 Å². The summed E-state index contributed by atoms with van der Waals surface area (Å²) in [5.74, 6) is 0. The molecule has 11 heteroatoms. The summed E-state index contributed by atoms with van der Waals surface area (Å²) in [5.41, 5.74) is -1.82. The van der Waals surface area contributed by atoms with Gasteiger partial charge in [-0.15, -0.1) is 0 Å². The lowest BCUT2D eigenvalue weighted by Gasteiger charge is -2.28. The molecule has 1 aromatic heterocycles. The first-order chi connectivity index (χ1) is 20.1. The Kier molecular flexibility index (Phi) is 17.5. The lowest BCUT2D eigenvalue weighted by Crippen LogP contribution is -2.41. The van der Waals surface area contributed by atoms with Crippen LogP contribution in [0.2, 0.25) is 0 Å². The van der Waals surface area contributed by atoms with Crippen molar-refractivity contribution in [2.24, 2.45) is 0 Å². The van der Waals surface area contributed by atoms with Crippen LogP contribution in [-0.4, -0.2) is 57.7 Å². The van der Waals surface area contributed by atoms with Gasteiger partial charge in [-0.3, -0.25) is 23.4 Å². The third-order valence-electron chi connectivity index (χ3n) is 7.74. The van der Waals surface area contributed by atoms with E-state index in [9.17, 15) is 19.0 Å². The Morgan fingerprint density at radius 2 is 1.45 bits per heavy atom. The number of rotatable bonds is 23. The number of ether oxygens (including phenoxy) is 3. The summed E-state index contributed by atoms with van der Waals surface area (Å²) in [6, 6.07) is 1.23. The molecule has 0 spiro atoms. The Labute approximate surface area is 252 Å². The van der Waals surface area contributed by atoms with Crippen LogP contribution in [0.15, 0.2) is 21.9 Å². The third kappa shape index (κ3) is 13.1. The van der Waals surface area contributed by atoms with Gasteiger partial charge in [0.2, 0.25) is 0 Å². The van der Waals surface area contributed by atoms with Crippen molar-refractivity contribution in [2.75, 3.05) is 13.2 Å². The average Bonchev–Trinajstić information content (AvgIpc) is 3.25. The van der Waals surface area contributed by atoms with E-state index in [0.717, 1.165) is 19.3 Å². The number of aromatic amines is 1. The van der Waals surface area contributed by atoms with Gasteiger partial charge in [-0.2, -0.15) is 0 Å². The van der Waals surface area contributed by atoms with Crippen LogP contribution in [0.3, 0.4) is 0 Å². The summed E-state index contributed by atoms with van der Waals surface area (Å²) in [5, 5.41) is 0. The number of hydrogen-bond donors (Lipinski definition) is 2. The summed E-state index contributed by atoms with van der Waals surface area (Å²) in [6.45, 7) is 9.72. The number of unbranched alkanes of at least 4 members (excludes halogenated alkanes) is 13. The fourth-order valence-corrected chi connectivity index (χ4v) is 5.95. The van der Waals surface area contributed by atoms with Gasteiger partial charge in [0.15, 0.2) is 6.23 Å². The van der Waals surface area contributed by atoms with Crippen LogP contribution in [0.1, 0.15) is 131 Å². The van der Waals surface area contributed by atoms with E-state index in [1.165, 1.54) is 87.5 Å². The lowest BCUT2D eigenvalue weighted by atomic mass is 10.0. The molecule has 0 bridgehead atoms. The highest BCUT2D eigenvalue weighted by Crippen LogP contribution is 2.51. The molecule has 2 unspecified atom stereocenters. The van der Waals surface area contributed by atoms with Crippen molar-refractivity contribution >= 4 is 7.60 Å². The van der Waals surface area contributed by atoms with Gasteiger partial charge in [-0.1, -0.05) is 104 Å². The van der Waals surface area contributed by atoms with Crippen LogP contribution in [-0.2, 0) is 23.3 Å². The van der Waals surface area contributed by atoms with Gasteiger partial charge in [-0.25, -0.2) is 4.79 Å². The van der Waals surface area contributed by atoms with Crippen molar-refractivity contribution in [2.45, 2.75) is 161 Å². The largest absolute Gasteiger partial charge is 0.376 e. The quantitative estimate of drug-likeness (QED) is 0.103. The average molecular weight is 617 g/mol. The predicted molar refractivity (Wildman–Crippen MR) is 166 cm³/mol. The molecule has 1 aliphatic rings. The number of H-pyrrole nitrogens is 1. The normalized spacial score (nSPS) is 22.3. The second-order valence-electron chi connectivity index (χ2n) is 12.1. The van der Waals surface area contributed by atoms with E-state index < -0.39 is 49.0 Å². The Bertz CT molecular complexity index is 1030. The molecular formula is C31H57N2O8P. The topological polar surface area (TPSA) is 129 Å². The first-order valence-electron chi connectivity index (χ1n) is 16.3. The van der Waals surface area contributed by atoms with Crippen molar-refractivity contribution in [3.8, 4) is 0 Å². The maximum atomic E-state index is 12.9. The minimum absolute atomic E-state index is 0.0910. The van der Waals surface area contributed by atoms with Crippen LogP contribution in [0.4, 0.5) is 0 Å². The number of nitrogens with one attached hydrogen (secondary N) is 1. The van der Waals surface area contributed by atoms with Gasteiger partial charge in [-0.05, 0) is 20.3 Å². The monoisotopic (exact) mass is 616 g/mol. The molecular weight excluding hydrogens is 559 g/mol. The van der Waals surface area contributed by atoms with E-state index >= 15 is 0 Å². The molecule has 1 saturated heterocycles. The Morgan fingerprint density at radius 1 is 0.905 bits per heavy atom. The van der Waals surface area contributed by atoms with E-state index in [1.54, 1.807) is 13.8 Å². The first kappa shape index (κ1) is 36.9. The summed E-state index contributed by atoms with van der Waals surface area (Å²) < 4.78 is 38.2. The molecule has 1 aromatic rings. The predicted octanol–water partition coefficient (Wildman–Crippen LogP) is 6.70. The van der Waals surface area contributed by atoms with Crippen LogP contribution >= 0.6 is 7.60 Å². The minimum atomic E-state index is -4.01. The van der Waals surface area contributed by atoms with Crippen LogP contribution in [0.5, 0.6) is 0 Å². The molecule has 5 atom stereocenters. The number of nitrogens with zero attached hydrogens (tertiary/aromatic N) is 1. The Balaban J connectivity index is 1.91. The third-order valence-corrected chi connectivity index (χ3v) is 9.59. The molecule has 0 radical (unpaired) electrons. The molecule has 244 valence electrons. The van der Waals surface area contributed by atoms with Gasteiger partial charge in [0.1, 0.15) is 18.3 Å². The van der Waals surface area contributed by atoms with Crippen molar-refractivity contribution in [1.29, 1.82) is 0 Å². The Hall–Kier alpha value is -1.29. The minimum Gasteiger partial charge on any atom is -0.376 e. The highest BCUT2D eigenvalue weighted by atomic mass is 31.2. The fraction of sp³-hybridized carbons (Fsp3) is 0.871. The van der Waals surface area contributed by atoms with Crippen LogP contribution in [0, 0.1) is 0 Å². The molecule has 0 aromatic carbocycles. The molecule has 1 aliphatic heterocycles. The van der Waals surface area contributed by atoms with E-state index in [1.807, 2.05) is 13.8 Å². The van der Waals surface area contributed by atoms with Crippen LogP contribution in [0.25, 0.3) is 0 Å². The smallest absolute Gasteiger partial charge is 0.331 e. The van der Waals surface area contributed by atoms with Gasteiger partial charge in [0, 0.05) is 18.9 Å². The number of aromatic nitrogens is 2. The van der Waals surface area contributed by atoms with E-state index in [-0.39, 0.29) is 12.7 Å². The first-order valence-corrected chi connectivity index (χ1v) is 17.9. The number of hydrogen-bond acceptors (Lipinski definition) is 7. The molecule has 2 N–H and O–H groups in total. The zero-order chi connectivity index (χ0) is 31.0. The highest BCUT2D eigenvalue weighted by molar-refractivity contribution is 7.53. The molecule has 2 heterocycles. The van der Waals surface area contributed by atoms with Gasteiger partial charge < -0.3 is 19.1 Å². The van der Waals surface area contributed by atoms with E-state index in [2.05, 4.69) is 11.9 Å². The van der Waals surface area contributed by atoms with Crippen molar-refractivity contribution in [3.05, 3.63) is 33.1 Å². The second kappa shape index (κ2) is 19.9. The van der Waals surface area contributed by atoms with Crippen molar-refractivity contribution in [3.63, 3.8) is 0 Å². The summed E-state index contributed by atoms with van der Waals surface area (Å²) in [4.78, 5) is 37.2. The summed E-state index contributed by atoms with van der Waals surface area (Å²) >= 11 is 0. The van der Waals surface area contributed by atoms with Gasteiger partial charge in [0.25, 0.3) is 5.56 Å². The van der Waals surface area contributed by atoms with Gasteiger partial charge in [0.05, 0.1) is 18.4 Å². The zero-order valence-corrected chi connectivity index (χ0v) is 27.5. The van der Waals surface area contributed by atoms with E-state index in [0.29, 0.717) is 6.61 Å². The van der Waals surface area contributed by atoms with Gasteiger partial charge >= 0.3 is 13.3 Å². The van der Waals surface area contributed by atoms with Crippen molar-refractivity contribution < 1.29 is 28.2 Å². The fourth-order valence-electron chi connectivity index (χ4n) is 5.10. The molecule has 0 amide bonds. The highest BCUT2D eigenvalue weighted by Gasteiger charge is 2.50. The molecule has 0 saturated carbocycles. The standard InChI is InChI=1S/C31H57N2O8P/c1-6-7-8-9-10-11-12-13-14-15-16-17-18-19-22-38-29-28(41-42(36,37)25(4)5)26(23-39-24(2)3)40-30(29)33-21-20-27(34)32-31(33)35/h20-21,24-26,28-30H,6-19,22-23H2,1-5H3,(H,36,37)(H,32,34,35)/t26-,28+,29?,30-/m1/s1. The molecule has 0 aliphatic carbocycles. The van der Waals surface area contributed by atoms with Crippen LogP contribution < -0.4 is 11.2 Å². The maximum Gasteiger partial charge on any atom is 0.331 e. The SMILES string of the molecule is CCCCCCCCCCCCCCCCOC1[C@@H](OP(=O)(O)C(C)C)[C@@H](COC(C)C)O[C@H]1n1ccc(=O)[nH]c1=O.